The number of nitrogens with one attached hydrogen (secondary N) is 1. The third-order valence-electron chi connectivity index (χ3n) is 3.82. The first-order valence-corrected chi connectivity index (χ1v) is 8.33. The maximum absolute atomic E-state index is 13.4. The smallest absolute Gasteiger partial charge is 0.139 e. The molecule has 1 aromatic carbocycles. The van der Waals surface area contributed by atoms with Gasteiger partial charge in [0.25, 0.3) is 0 Å². The van der Waals surface area contributed by atoms with Crippen molar-refractivity contribution in [2.75, 3.05) is 5.32 Å². The molecule has 0 fully saturated rings. The summed E-state index contributed by atoms with van der Waals surface area (Å²) < 4.78 is 15.4. The summed E-state index contributed by atoms with van der Waals surface area (Å²) >= 11 is 12.2. The van der Waals surface area contributed by atoms with Crippen LogP contribution in [-0.4, -0.2) is 9.55 Å². The maximum Gasteiger partial charge on any atom is 0.139 e. The lowest BCUT2D eigenvalue weighted by Crippen LogP contribution is -2.16. The van der Waals surface area contributed by atoms with E-state index in [1.807, 2.05) is 36.7 Å². The van der Waals surface area contributed by atoms with Gasteiger partial charge >= 0.3 is 0 Å². The molecule has 7 heteroatoms. The highest BCUT2D eigenvalue weighted by Gasteiger charge is 2.19. The minimum absolute atomic E-state index is 0.175. The van der Waals surface area contributed by atoms with E-state index in [0.717, 1.165) is 10.9 Å². The summed E-state index contributed by atoms with van der Waals surface area (Å²) in [5, 5.41) is 13.5. The van der Waals surface area contributed by atoms with Crippen LogP contribution in [0.25, 0.3) is 10.9 Å². The van der Waals surface area contributed by atoms with Crippen LogP contribution in [0.2, 0.25) is 10.0 Å². The van der Waals surface area contributed by atoms with Gasteiger partial charge < -0.3 is 9.88 Å². The molecule has 128 valence electrons. The monoisotopic (exact) mass is 376 g/mol. The molecule has 0 saturated carbocycles. The highest BCUT2D eigenvalue weighted by molar-refractivity contribution is 6.39. The van der Waals surface area contributed by atoms with Gasteiger partial charge in [-0.25, -0.2) is 9.37 Å². The summed E-state index contributed by atoms with van der Waals surface area (Å²) in [4.78, 5) is 4.34. The molecule has 0 spiro atoms. The van der Waals surface area contributed by atoms with E-state index in [0.29, 0.717) is 18.1 Å². The number of anilines is 2. The molecule has 4 nitrogen and oxygen atoms in total. The Labute approximate surface area is 154 Å². The Bertz CT molecular complexity index is 965. The number of halogens is 3. The van der Waals surface area contributed by atoms with Gasteiger partial charge in [-0.2, -0.15) is 5.26 Å². The molecule has 0 aliphatic rings. The molecular weight excluding hydrogens is 362 g/mol. The van der Waals surface area contributed by atoms with Crippen LogP contribution >= 0.6 is 23.2 Å². The lowest BCUT2D eigenvalue weighted by Gasteiger charge is -2.17. The van der Waals surface area contributed by atoms with Crippen LogP contribution in [0.1, 0.15) is 13.8 Å². The van der Waals surface area contributed by atoms with Crippen LogP contribution < -0.4 is 5.32 Å². The number of benzene rings is 1. The molecule has 25 heavy (non-hydrogen) atoms. The van der Waals surface area contributed by atoms with Gasteiger partial charge in [-0.05, 0) is 38.1 Å². The summed E-state index contributed by atoms with van der Waals surface area (Å²) in [6, 6.07) is 8.46. The van der Waals surface area contributed by atoms with E-state index in [1.165, 1.54) is 12.1 Å². The van der Waals surface area contributed by atoms with E-state index >= 15 is 0 Å². The highest BCUT2D eigenvalue weighted by atomic mass is 35.5. The van der Waals surface area contributed by atoms with Gasteiger partial charge in [0.1, 0.15) is 11.6 Å². The fraction of sp³-hybridized carbons (Fsp3) is 0.222. The third-order valence-corrected chi connectivity index (χ3v) is 4.41. The van der Waals surface area contributed by atoms with E-state index in [1.54, 1.807) is 6.20 Å². The Balaban J connectivity index is 2.02. The van der Waals surface area contributed by atoms with Gasteiger partial charge in [-0.15, -0.1) is 0 Å². The molecule has 2 aromatic heterocycles. The number of hydrogen-bond acceptors (Lipinski definition) is 3. The van der Waals surface area contributed by atoms with Crippen molar-refractivity contribution < 1.29 is 4.39 Å². The molecule has 3 aromatic rings. The normalized spacial score (nSPS) is 11.5. The van der Waals surface area contributed by atoms with E-state index in [9.17, 15) is 9.65 Å². The van der Waals surface area contributed by atoms with Crippen molar-refractivity contribution in [2.24, 2.45) is 5.41 Å². The van der Waals surface area contributed by atoms with Gasteiger partial charge in [0.2, 0.25) is 0 Å². The van der Waals surface area contributed by atoms with Crippen LogP contribution in [0, 0.1) is 22.6 Å². The van der Waals surface area contributed by atoms with Crippen molar-refractivity contribution in [1.29, 1.82) is 5.26 Å². The van der Waals surface area contributed by atoms with Crippen LogP contribution in [0.15, 0.2) is 36.7 Å². The lowest BCUT2D eigenvalue weighted by atomic mass is 9.96. The zero-order valence-corrected chi connectivity index (χ0v) is 15.2. The number of aromatic nitrogens is 2. The molecule has 0 aliphatic carbocycles. The first kappa shape index (κ1) is 17.5. The van der Waals surface area contributed by atoms with E-state index in [4.69, 9.17) is 23.2 Å². The van der Waals surface area contributed by atoms with Gasteiger partial charge in [-0.3, -0.25) is 0 Å². The first-order valence-electron chi connectivity index (χ1n) is 7.57. The highest BCUT2D eigenvalue weighted by Crippen LogP contribution is 2.35. The number of nitriles is 1. The van der Waals surface area contributed by atoms with Crippen LogP contribution in [-0.2, 0) is 6.54 Å². The Morgan fingerprint density at radius 3 is 2.60 bits per heavy atom. The van der Waals surface area contributed by atoms with Crippen molar-refractivity contribution in [3.05, 3.63) is 52.5 Å². The van der Waals surface area contributed by atoms with E-state index < -0.39 is 11.2 Å². The van der Waals surface area contributed by atoms with E-state index in [2.05, 4.69) is 16.4 Å². The zero-order chi connectivity index (χ0) is 18.2. The Morgan fingerprint density at radius 2 is 1.96 bits per heavy atom. The molecule has 0 bridgehead atoms. The van der Waals surface area contributed by atoms with Crippen LogP contribution in [0.3, 0.4) is 0 Å². The summed E-state index contributed by atoms with van der Waals surface area (Å²) in [5.74, 6) is 0.0537. The van der Waals surface area contributed by atoms with Crippen LogP contribution in [0.5, 0.6) is 0 Å². The summed E-state index contributed by atoms with van der Waals surface area (Å²) in [7, 11) is 0. The van der Waals surface area contributed by atoms with Crippen molar-refractivity contribution in [3.8, 4) is 6.07 Å². The Kier molecular flexibility index (Phi) is 4.59. The van der Waals surface area contributed by atoms with Crippen molar-refractivity contribution in [2.45, 2.75) is 20.4 Å². The molecule has 0 atom stereocenters. The minimum atomic E-state index is -0.503. The third kappa shape index (κ3) is 3.55. The fourth-order valence-electron chi connectivity index (χ4n) is 2.60. The molecule has 0 unspecified atom stereocenters. The quantitative estimate of drug-likeness (QED) is 0.628. The fourth-order valence-corrected chi connectivity index (χ4v) is 3.16. The standard InChI is InChI=1S/C18H15Cl2FN4/c1-18(2,9-22)10-25-6-4-12-15(25)3-5-23-17(12)24-16-13(19)7-11(21)8-14(16)20/h3-8H,10H2,1-2H3,(H,23,24). The predicted octanol–water partition coefficient (Wildman–Crippen LogP) is 5.78. The van der Waals surface area contributed by atoms with Crippen molar-refractivity contribution >= 4 is 45.6 Å². The van der Waals surface area contributed by atoms with Gasteiger partial charge in [0, 0.05) is 24.3 Å². The first-order chi connectivity index (χ1) is 11.8. The second-order valence-corrected chi connectivity index (χ2v) is 7.22. The number of pyridine rings is 1. The molecular formula is C18H15Cl2FN4. The minimum Gasteiger partial charge on any atom is -0.346 e. The van der Waals surface area contributed by atoms with Crippen LogP contribution in [0.4, 0.5) is 15.9 Å². The molecule has 0 radical (unpaired) electrons. The molecule has 0 amide bonds. The summed E-state index contributed by atoms with van der Waals surface area (Å²) in [5.41, 5.74) is 0.830. The number of hydrogen-bond donors (Lipinski definition) is 1. The second kappa shape index (κ2) is 6.55. The Morgan fingerprint density at radius 1 is 1.28 bits per heavy atom. The van der Waals surface area contributed by atoms with Gasteiger partial charge in [0.15, 0.2) is 0 Å². The number of nitrogens with zero attached hydrogens (tertiary/aromatic N) is 3. The van der Waals surface area contributed by atoms with Crippen molar-refractivity contribution in [3.63, 3.8) is 0 Å². The molecule has 1 N–H and O–H groups in total. The van der Waals surface area contributed by atoms with Gasteiger partial charge in [-0.1, -0.05) is 23.2 Å². The average molecular weight is 377 g/mol. The average Bonchev–Trinajstić information content (AvgIpc) is 2.94. The molecule has 2 heterocycles. The Hall–Kier alpha value is -2.29. The molecule has 0 aliphatic heterocycles. The SMILES string of the molecule is CC(C)(C#N)Cn1ccc2c(Nc3c(Cl)cc(F)cc3Cl)nccc21. The maximum atomic E-state index is 13.4. The number of rotatable bonds is 4. The molecule has 3 rings (SSSR count). The summed E-state index contributed by atoms with van der Waals surface area (Å²) in [6.45, 7) is 4.32. The zero-order valence-electron chi connectivity index (χ0n) is 13.6. The van der Waals surface area contributed by atoms with Gasteiger partial charge in [0.05, 0.1) is 32.7 Å². The van der Waals surface area contributed by atoms with Crippen molar-refractivity contribution in [1.82, 2.24) is 9.55 Å². The second-order valence-electron chi connectivity index (χ2n) is 6.40. The summed E-state index contributed by atoms with van der Waals surface area (Å²) in [6.07, 6.45) is 3.57. The van der Waals surface area contributed by atoms with E-state index in [-0.39, 0.29) is 10.0 Å². The molecule has 0 saturated heterocycles. The predicted molar refractivity (Wildman–Crippen MR) is 98.8 cm³/mol. The topological polar surface area (TPSA) is 53.6 Å². The largest absolute Gasteiger partial charge is 0.346 e. The lowest BCUT2D eigenvalue weighted by molar-refractivity contribution is 0.416. The number of fused-ring (bicyclic) bond motifs is 1.